The van der Waals surface area contributed by atoms with Crippen LogP contribution in [0.15, 0.2) is 4.99 Å². The SMILES string of the molecule is NC(CO)CNC1=NCCOC1. The molecule has 0 saturated heterocycles. The van der Waals surface area contributed by atoms with Crippen molar-refractivity contribution < 1.29 is 9.84 Å². The van der Waals surface area contributed by atoms with E-state index in [1.165, 1.54) is 0 Å². The van der Waals surface area contributed by atoms with Gasteiger partial charge in [0.05, 0.1) is 19.8 Å². The zero-order valence-corrected chi connectivity index (χ0v) is 6.99. The second-order valence-electron chi connectivity index (χ2n) is 2.70. The van der Waals surface area contributed by atoms with Gasteiger partial charge in [-0.1, -0.05) is 0 Å². The summed E-state index contributed by atoms with van der Waals surface area (Å²) in [7, 11) is 0. The first-order chi connectivity index (χ1) is 5.83. The molecule has 5 heteroatoms. The summed E-state index contributed by atoms with van der Waals surface area (Å²) >= 11 is 0. The van der Waals surface area contributed by atoms with E-state index in [1.807, 2.05) is 0 Å². The van der Waals surface area contributed by atoms with Gasteiger partial charge in [0, 0.05) is 12.6 Å². The third-order valence-electron chi connectivity index (χ3n) is 1.58. The molecular weight excluding hydrogens is 158 g/mol. The zero-order chi connectivity index (χ0) is 8.81. The fraction of sp³-hybridized carbons (Fsp3) is 0.857. The third kappa shape index (κ3) is 3.17. The maximum atomic E-state index is 8.63. The molecular formula is C7H15N3O2. The van der Waals surface area contributed by atoms with E-state index in [0.717, 1.165) is 5.84 Å². The van der Waals surface area contributed by atoms with Gasteiger partial charge in [-0.05, 0) is 0 Å². The number of hydrogen-bond donors (Lipinski definition) is 3. The van der Waals surface area contributed by atoms with Gasteiger partial charge in [0.15, 0.2) is 0 Å². The van der Waals surface area contributed by atoms with E-state index in [1.54, 1.807) is 0 Å². The topological polar surface area (TPSA) is 79.9 Å². The molecule has 0 amide bonds. The second kappa shape index (κ2) is 5.08. The molecule has 1 aliphatic rings. The molecule has 12 heavy (non-hydrogen) atoms. The Morgan fingerprint density at radius 1 is 1.75 bits per heavy atom. The molecule has 0 spiro atoms. The number of hydrogen-bond acceptors (Lipinski definition) is 5. The third-order valence-corrected chi connectivity index (χ3v) is 1.58. The van der Waals surface area contributed by atoms with Crippen molar-refractivity contribution in [2.75, 3.05) is 32.9 Å². The fourth-order valence-corrected chi connectivity index (χ4v) is 0.880. The summed E-state index contributed by atoms with van der Waals surface area (Å²) in [6, 6.07) is -0.227. The lowest BCUT2D eigenvalue weighted by atomic mass is 10.3. The van der Waals surface area contributed by atoms with E-state index in [2.05, 4.69) is 10.3 Å². The van der Waals surface area contributed by atoms with Crippen LogP contribution in [0.1, 0.15) is 0 Å². The molecule has 0 bridgehead atoms. The van der Waals surface area contributed by atoms with Gasteiger partial charge < -0.3 is 20.9 Å². The molecule has 4 N–H and O–H groups in total. The van der Waals surface area contributed by atoms with Crippen LogP contribution in [0, 0.1) is 0 Å². The van der Waals surface area contributed by atoms with Crippen molar-refractivity contribution in [3.8, 4) is 0 Å². The minimum Gasteiger partial charge on any atom is -0.395 e. The van der Waals surface area contributed by atoms with Gasteiger partial charge in [-0.2, -0.15) is 0 Å². The van der Waals surface area contributed by atoms with Crippen LogP contribution in [0.4, 0.5) is 0 Å². The summed E-state index contributed by atoms with van der Waals surface area (Å²) in [5.41, 5.74) is 5.48. The zero-order valence-electron chi connectivity index (χ0n) is 6.99. The monoisotopic (exact) mass is 173 g/mol. The summed E-state index contributed by atoms with van der Waals surface area (Å²) < 4.78 is 5.15. The van der Waals surface area contributed by atoms with E-state index in [9.17, 15) is 0 Å². The lowest BCUT2D eigenvalue weighted by molar-refractivity contribution is 0.167. The van der Waals surface area contributed by atoms with Gasteiger partial charge in [-0.25, -0.2) is 0 Å². The molecule has 0 aromatic carbocycles. The van der Waals surface area contributed by atoms with Gasteiger partial charge >= 0.3 is 0 Å². The minimum absolute atomic E-state index is 0.0128. The van der Waals surface area contributed by atoms with Crippen molar-refractivity contribution in [2.45, 2.75) is 6.04 Å². The second-order valence-corrected chi connectivity index (χ2v) is 2.70. The quantitative estimate of drug-likeness (QED) is 0.476. The molecule has 70 valence electrons. The van der Waals surface area contributed by atoms with Crippen LogP contribution in [0.3, 0.4) is 0 Å². The van der Waals surface area contributed by atoms with Crippen molar-refractivity contribution in [1.82, 2.24) is 5.32 Å². The number of aliphatic hydroxyl groups is 1. The summed E-state index contributed by atoms with van der Waals surface area (Å²) in [5, 5.41) is 11.6. The highest BCUT2D eigenvalue weighted by Crippen LogP contribution is 1.88. The van der Waals surface area contributed by atoms with Crippen molar-refractivity contribution >= 4 is 5.84 Å². The van der Waals surface area contributed by atoms with Crippen LogP contribution < -0.4 is 11.1 Å². The Bertz CT molecular complexity index is 161. The number of aliphatic hydroxyl groups excluding tert-OH is 1. The van der Waals surface area contributed by atoms with Gasteiger partial charge in [0.1, 0.15) is 12.4 Å². The molecule has 1 atom stereocenters. The molecule has 0 aromatic heterocycles. The average Bonchev–Trinajstić information content (AvgIpc) is 2.16. The number of nitrogens with one attached hydrogen (secondary N) is 1. The number of nitrogens with two attached hydrogens (primary N) is 1. The van der Waals surface area contributed by atoms with Crippen molar-refractivity contribution in [2.24, 2.45) is 10.7 Å². The Balaban J connectivity index is 2.17. The molecule has 5 nitrogen and oxygen atoms in total. The first-order valence-electron chi connectivity index (χ1n) is 4.04. The van der Waals surface area contributed by atoms with Crippen molar-refractivity contribution in [1.29, 1.82) is 0 Å². The first kappa shape index (κ1) is 9.44. The maximum absolute atomic E-state index is 8.63. The highest BCUT2D eigenvalue weighted by atomic mass is 16.5. The first-order valence-corrected chi connectivity index (χ1v) is 4.04. The van der Waals surface area contributed by atoms with Crippen LogP contribution >= 0.6 is 0 Å². The van der Waals surface area contributed by atoms with Crippen molar-refractivity contribution in [3.63, 3.8) is 0 Å². The van der Waals surface area contributed by atoms with Crippen LogP contribution in [-0.2, 0) is 4.74 Å². The Hall–Kier alpha value is -0.650. The molecule has 0 saturated carbocycles. The van der Waals surface area contributed by atoms with E-state index in [-0.39, 0.29) is 12.6 Å². The molecule has 0 radical (unpaired) electrons. The molecule has 1 aliphatic heterocycles. The van der Waals surface area contributed by atoms with E-state index in [0.29, 0.717) is 26.3 Å². The minimum atomic E-state index is -0.227. The van der Waals surface area contributed by atoms with E-state index >= 15 is 0 Å². The molecule has 0 aromatic rings. The molecule has 1 unspecified atom stereocenters. The Labute approximate surface area is 71.6 Å². The van der Waals surface area contributed by atoms with Crippen LogP contribution in [0.2, 0.25) is 0 Å². The molecule has 0 aliphatic carbocycles. The molecule has 0 fully saturated rings. The number of rotatable bonds is 3. The van der Waals surface area contributed by atoms with Gasteiger partial charge in [0.2, 0.25) is 0 Å². The largest absolute Gasteiger partial charge is 0.395 e. The normalized spacial score (nSPS) is 20.0. The number of ether oxygens (including phenoxy) is 1. The van der Waals surface area contributed by atoms with Gasteiger partial charge in [-0.15, -0.1) is 0 Å². The van der Waals surface area contributed by atoms with E-state index in [4.69, 9.17) is 15.6 Å². The number of nitrogens with zero attached hydrogens (tertiary/aromatic N) is 1. The molecule has 1 heterocycles. The van der Waals surface area contributed by atoms with Gasteiger partial charge in [-0.3, -0.25) is 4.99 Å². The predicted octanol–water partition coefficient (Wildman–Crippen LogP) is -1.68. The fourth-order valence-electron chi connectivity index (χ4n) is 0.880. The Kier molecular flexibility index (Phi) is 3.99. The summed E-state index contributed by atoms with van der Waals surface area (Å²) in [4.78, 5) is 4.18. The van der Waals surface area contributed by atoms with Crippen LogP contribution in [0.5, 0.6) is 0 Å². The highest BCUT2D eigenvalue weighted by Gasteiger charge is 2.06. The molecule has 1 rings (SSSR count). The Morgan fingerprint density at radius 2 is 2.58 bits per heavy atom. The summed E-state index contributed by atoms with van der Waals surface area (Å²) in [6.45, 7) is 2.45. The predicted molar refractivity (Wildman–Crippen MR) is 46.2 cm³/mol. The van der Waals surface area contributed by atoms with Crippen molar-refractivity contribution in [3.05, 3.63) is 0 Å². The Morgan fingerprint density at radius 3 is 3.17 bits per heavy atom. The lowest BCUT2D eigenvalue weighted by Crippen LogP contribution is -2.42. The van der Waals surface area contributed by atoms with E-state index < -0.39 is 0 Å². The number of aliphatic imine (C=N–C) groups is 1. The summed E-state index contributed by atoms with van der Waals surface area (Å²) in [5.74, 6) is 0.824. The lowest BCUT2D eigenvalue weighted by Gasteiger charge is -2.16. The average molecular weight is 173 g/mol. The van der Waals surface area contributed by atoms with Gasteiger partial charge in [0.25, 0.3) is 0 Å². The van der Waals surface area contributed by atoms with Crippen LogP contribution in [0.25, 0.3) is 0 Å². The summed E-state index contributed by atoms with van der Waals surface area (Å²) in [6.07, 6.45) is 0. The smallest absolute Gasteiger partial charge is 0.123 e. The maximum Gasteiger partial charge on any atom is 0.123 e. The standard InChI is InChI=1S/C7H15N3O2/c8-6(4-11)3-10-7-5-12-2-1-9-7/h6,11H,1-5,8H2,(H,9,10). The highest BCUT2D eigenvalue weighted by molar-refractivity contribution is 5.83. The number of amidine groups is 1. The van der Waals surface area contributed by atoms with Crippen LogP contribution in [-0.4, -0.2) is 49.9 Å².